The Morgan fingerprint density at radius 2 is 0.694 bits per heavy atom. The molecule has 0 aromatic rings. The minimum atomic E-state index is -2.06. The molecule has 198 valence electrons. The van der Waals surface area contributed by atoms with Crippen LogP contribution in [0.3, 0.4) is 0 Å². The smallest absolute Gasteiger partial charge is 0.330 e. The van der Waals surface area contributed by atoms with Crippen LogP contribution in [0.5, 0.6) is 0 Å². The first-order valence-electron chi connectivity index (χ1n) is 11.0. The Labute approximate surface area is 205 Å². The Balaban J connectivity index is 2.94. The second-order valence-corrected chi connectivity index (χ2v) is 10.6. The van der Waals surface area contributed by atoms with E-state index in [2.05, 4.69) is 0 Å². The maximum Gasteiger partial charge on any atom is 0.330 e. The van der Waals surface area contributed by atoms with Gasteiger partial charge in [0.1, 0.15) is 0 Å². The van der Waals surface area contributed by atoms with Gasteiger partial charge in [0.2, 0.25) is 0 Å². The predicted octanol–water partition coefficient (Wildman–Crippen LogP) is 1.90. The topological polar surface area (TPSA) is 224 Å². The fourth-order valence-electron chi connectivity index (χ4n) is 6.86. The van der Waals surface area contributed by atoms with Gasteiger partial charge >= 0.3 is 35.8 Å². The van der Waals surface area contributed by atoms with E-state index in [9.17, 15) is 59.4 Å². The summed E-state index contributed by atoms with van der Waals surface area (Å²) in [6.45, 7) is 6.91. The highest BCUT2D eigenvalue weighted by atomic mass is 16.4. The molecule has 2 aliphatic carbocycles. The lowest BCUT2D eigenvalue weighted by Gasteiger charge is -2.73. The molecule has 6 N–H and O–H groups in total. The summed E-state index contributed by atoms with van der Waals surface area (Å²) < 4.78 is 0. The lowest BCUT2D eigenvalue weighted by atomic mass is 9.26. The first-order valence-corrected chi connectivity index (χ1v) is 11.0. The summed E-state index contributed by atoms with van der Waals surface area (Å²) in [5.74, 6) is -15.0. The number of carbonyl (C=O) groups is 6. The average Bonchev–Trinajstić information content (AvgIpc) is 2.76. The van der Waals surface area contributed by atoms with E-state index in [4.69, 9.17) is 0 Å². The summed E-state index contributed by atoms with van der Waals surface area (Å²) in [5.41, 5.74) is -8.88. The van der Waals surface area contributed by atoms with Crippen LogP contribution in [0.2, 0.25) is 0 Å². The molecule has 2 saturated carbocycles. The fraction of sp³-hybridized carbons (Fsp3) is 0.583. The monoisotopic (exact) mass is 510 g/mol. The number of aliphatic carboxylic acids is 6. The second-order valence-electron chi connectivity index (χ2n) is 10.6. The molecule has 12 nitrogen and oxygen atoms in total. The van der Waals surface area contributed by atoms with Gasteiger partial charge in [0.25, 0.3) is 0 Å². The first-order chi connectivity index (χ1) is 16.2. The lowest BCUT2D eigenvalue weighted by molar-refractivity contribution is -0.285. The summed E-state index contributed by atoms with van der Waals surface area (Å²) >= 11 is 0. The van der Waals surface area contributed by atoms with Gasteiger partial charge in [0.05, 0.1) is 21.7 Å². The van der Waals surface area contributed by atoms with E-state index in [1.54, 1.807) is 0 Å². The van der Waals surface area contributed by atoms with E-state index in [0.717, 1.165) is 53.7 Å². The van der Waals surface area contributed by atoms with Crippen molar-refractivity contribution in [3.63, 3.8) is 0 Å². The van der Waals surface area contributed by atoms with Crippen LogP contribution in [-0.2, 0) is 28.8 Å². The van der Waals surface area contributed by atoms with Crippen LogP contribution >= 0.6 is 0 Å². The molecule has 0 aromatic carbocycles. The van der Waals surface area contributed by atoms with Gasteiger partial charge in [-0.3, -0.25) is 19.2 Å². The van der Waals surface area contributed by atoms with Crippen LogP contribution in [0.4, 0.5) is 0 Å². The second kappa shape index (κ2) is 8.45. The molecule has 4 atom stereocenters. The number of allylic oxidation sites excluding steroid dienone is 2. The van der Waals surface area contributed by atoms with Crippen LogP contribution in [0.1, 0.15) is 41.5 Å². The summed E-state index contributed by atoms with van der Waals surface area (Å²) in [4.78, 5) is 73.2. The Kier molecular flexibility index (Phi) is 6.70. The van der Waals surface area contributed by atoms with Crippen molar-refractivity contribution in [2.45, 2.75) is 41.5 Å². The van der Waals surface area contributed by atoms with Gasteiger partial charge in [-0.05, 0) is 53.4 Å². The van der Waals surface area contributed by atoms with E-state index in [-0.39, 0.29) is 11.1 Å². The van der Waals surface area contributed by atoms with Crippen molar-refractivity contribution < 1.29 is 59.4 Å². The molecular weight excluding hydrogens is 480 g/mol. The van der Waals surface area contributed by atoms with E-state index in [1.807, 2.05) is 0 Å². The molecule has 4 unspecified atom stereocenters. The van der Waals surface area contributed by atoms with Crippen molar-refractivity contribution >= 4 is 35.8 Å². The van der Waals surface area contributed by atoms with E-state index < -0.39 is 81.1 Å². The molecule has 0 amide bonds. The van der Waals surface area contributed by atoms with Gasteiger partial charge in [-0.2, -0.15) is 0 Å². The number of hydrogen-bond donors (Lipinski definition) is 6. The fourth-order valence-corrected chi connectivity index (χ4v) is 6.86. The predicted molar refractivity (Wildman–Crippen MR) is 120 cm³/mol. The number of carboxylic acid groups (broad SMARTS) is 6. The highest BCUT2D eigenvalue weighted by molar-refractivity contribution is 5.92. The molecule has 0 aromatic heterocycles. The van der Waals surface area contributed by atoms with Crippen LogP contribution in [0.15, 0.2) is 23.3 Å². The maximum atomic E-state index is 12.6. The summed E-state index contributed by atoms with van der Waals surface area (Å²) in [6.07, 6.45) is 2.00. The zero-order chi connectivity index (χ0) is 28.3. The Hall–Kier alpha value is -3.70. The molecule has 2 fully saturated rings. The molecular formula is C24H30O12. The lowest BCUT2D eigenvalue weighted by Crippen LogP contribution is -2.79. The van der Waals surface area contributed by atoms with E-state index >= 15 is 0 Å². The quantitative estimate of drug-likeness (QED) is 0.245. The summed E-state index contributed by atoms with van der Waals surface area (Å²) in [5, 5.41) is 59.5. The van der Waals surface area contributed by atoms with Gasteiger partial charge < -0.3 is 30.6 Å². The Bertz CT molecular complexity index is 990. The van der Waals surface area contributed by atoms with Crippen molar-refractivity contribution in [3.05, 3.63) is 23.3 Å². The zero-order valence-electron chi connectivity index (χ0n) is 20.6. The molecule has 2 aliphatic rings. The largest absolute Gasteiger partial charge is 0.481 e. The van der Waals surface area contributed by atoms with Crippen molar-refractivity contribution in [1.82, 2.24) is 0 Å². The number of hydrogen-bond acceptors (Lipinski definition) is 6. The van der Waals surface area contributed by atoms with Crippen LogP contribution in [0, 0.1) is 45.3 Å². The third-order valence-electron chi connectivity index (χ3n) is 8.85. The highest BCUT2D eigenvalue weighted by Crippen LogP contribution is 2.78. The van der Waals surface area contributed by atoms with Gasteiger partial charge in [-0.1, -0.05) is 12.2 Å². The minimum Gasteiger partial charge on any atom is -0.481 e. The van der Waals surface area contributed by atoms with Gasteiger partial charge in [-0.15, -0.1) is 0 Å². The number of carboxylic acids is 6. The van der Waals surface area contributed by atoms with Crippen molar-refractivity contribution in [2.75, 3.05) is 0 Å². The standard InChI is InChI=1S/C24H30O12/c1-9(15(25)26)7-11-21(3,17(29)30)13(22(11,4)18(31)32)14-23(5,19(33)34)12(8-10(2)16(27)28)24(14,6)20(35)36/h7-8,11-14H,1-6H3,(H,25,26)(H,27,28)(H,29,30)(H,31,32)(H,33,34)(H,35,36)/b9-7+,10-8+. The third-order valence-corrected chi connectivity index (χ3v) is 8.85. The molecule has 0 saturated heterocycles. The Morgan fingerprint density at radius 3 is 0.833 bits per heavy atom. The van der Waals surface area contributed by atoms with Crippen LogP contribution < -0.4 is 0 Å². The van der Waals surface area contributed by atoms with Crippen molar-refractivity contribution in [1.29, 1.82) is 0 Å². The highest BCUT2D eigenvalue weighted by Gasteiger charge is 2.84. The molecule has 0 aliphatic heterocycles. The normalized spacial score (nSPS) is 40.4. The molecule has 0 spiro atoms. The van der Waals surface area contributed by atoms with Gasteiger partial charge in [-0.25, -0.2) is 9.59 Å². The van der Waals surface area contributed by atoms with Crippen molar-refractivity contribution in [2.24, 2.45) is 45.3 Å². The van der Waals surface area contributed by atoms with Crippen molar-refractivity contribution in [3.8, 4) is 0 Å². The molecule has 2 rings (SSSR count). The molecule has 36 heavy (non-hydrogen) atoms. The molecule has 0 bridgehead atoms. The molecule has 0 heterocycles. The minimum absolute atomic E-state index is 0.327. The maximum absolute atomic E-state index is 12.6. The van der Waals surface area contributed by atoms with Crippen LogP contribution in [0.25, 0.3) is 0 Å². The molecule has 12 heteroatoms. The summed E-state index contributed by atoms with van der Waals surface area (Å²) in [7, 11) is 0. The average molecular weight is 510 g/mol. The van der Waals surface area contributed by atoms with Gasteiger partial charge in [0.15, 0.2) is 0 Å². The third kappa shape index (κ3) is 3.34. The van der Waals surface area contributed by atoms with E-state index in [1.165, 1.54) is 0 Å². The van der Waals surface area contributed by atoms with Crippen LogP contribution in [-0.4, -0.2) is 66.5 Å². The zero-order valence-corrected chi connectivity index (χ0v) is 20.6. The summed E-state index contributed by atoms with van der Waals surface area (Å²) in [6, 6.07) is 0. The van der Waals surface area contributed by atoms with Gasteiger partial charge in [0, 0.05) is 23.0 Å². The molecule has 0 radical (unpaired) electrons. The first kappa shape index (κ1) is 28.5. The Morgan fingerprint density at radius 1 is 0.500 bits per heavy atom. The number of rotatable bonds is 9. The SMILES string of the molecule is C/C(=C\C1C(C)(C(=O)O)C(C2C(C)(C(=O)O)C(/C=C(\C)C(=O)O)C2(C)C(=O)O)C1(C)C(=O)O)C(=O)O. The van der Waals surface area contributed by atoms with E-state index in [0.29, 0.717) is 0 Å².